The molecule has 2 aliphatic rings. The van der Waals surface area contributed by atoms with Crippen molar-refractivity contribution in [1.29, 1.82) is 0 Å². The predicted octanol–water partition coefficient (Wildman–Crippen LogP) is 2.73. The highest BCUT2D eigenvalue weighted by atomic mass is 79.9. The van der Waals surface area contributed by atoms with E-state index >= 15 is 0 Å². The lowest BCUT2D eigenvalue weighted by Crippen LogP contribution is -2.43. The summed E-state index contributed by atoms with van der Waals surface area (Å²) in [7, 11) is -3.12. The summed E-state index contributed by atoms with van der Waals surface area (Å²) in [5.41, 5.74) is 0.495. The van der Waals surface area contributed by atoms with Crippen LogP contribution in [0.4, 0.5) is 11.4 Å². The molecule has 1 aliphatic carbocycles. The monoisotopic (exact) mass is 403 g/mol. The molecule has 0 aromatic heterocycles. The maximum absolute atomic E-state index is 12.2. The first-order chi connectivity index (χ1) is 10.9. The fraction of sp³-hybridized carbons (Fsp3) is 0.571. The number of piperidine rings is 1. The molecule has 1 heterocycles. The van der Waals surface area contributed by atoms with Gasteiger partial charge in [0, 0.05) is 29.7 Å². The first kappa shape index (κ1) is 16.7. The molecular formula is C14H18BrN3O4S. The van der Waals surface area contributed by atoms with Gasteiger partial charge in [0.05, 0.1) is 10.2 Å². The minimum atomic E-state index is -3.12. The number of benzene rings is 1. The Morgan fingerprint density at radius 1 is 1.22 bits per heavy atom. The first-order valence-electron chi connectivity index (χ1n) is 7.57. The van der Waals surface area contributed by atoms with Crippen LogP contribution in [-0.2, 0) is 10.0 Å². The molecule has 0 unspecified atom stereocenters. The third-order valence-electron chi connectivity index (χ3n) is 4.28. The topological polar surface area (TPSA) is 92.6 Å². The number of nitro benzene ring substituents is 1. The highest BCUT2D eigenvalue weighted by Crippen LogP contribution is 2.33. The zero-order valence-corrected chi connectivity index (χ0v) is 14.8. The lowest BCUT2D eigenvalue weighted by Gasteiger charge is -2.32. The molecule has 1 N–H and O–H groups in total. The molecule has 0 spiro atoms. The van der Waals surface area contributed by atoms with Gasteiger partial charge in [-0.05, 0) is 37.8 Å². The predicted molar refractivity (Wildman–Crippen MR) is 91.0 cm³/mol. The van der Waals surface area contributed by atoms with Crippen LogP contribution in [0.15, 0.2) is 22.7 Å². The van der Waals surface area contributed by atoms with Crippen LogP contribution in [0.2, 0.25) is 0 Å². The summed E-state index contributed by atoms with van der Waals surface area (Å²) >= 11 is 3.23. The lowest BCUT2D eigenvalue weighted by atomic mass is 10.1. The number of nitrogens with zero attached hydrogens (tertiary/aromatic N) is 2. The van der Waals surface area contributed by atoms with E-state index in [0.29, 0.717) is 36.1 Å². The van der Waals surface area contributed by atoms with Gasteiger partial charge in [-0.25, -0.2) is 12.7 Å². The van der Waals surface area contributed by atoms with Gasteiger partial charge in [-0.2, -0.15) is 0 Å². The van der Waals surface area contributed by atoms with Crippen molar-refractivity contribution in [1.82, 2.24) is 4.31 Å². The van der Waals surface area contributed by atoms with E-state index in [1.807, 2.05) is 0 Å². The highest BCUT2D eigenvalue weighted by molar-refractivity contribution is 9.10. The van der Waals surface area contributed by atoms with Crippen molar-refractivity contribution < 1.29 is 13.3 Å². The van der Waals surface area contributed by atoms with Gasteiger partial charge in [-0.3, -0.25) is 10.1 Å². The Morgan fingerprint density at radius 2 is 1.87 bits per heavy atom. The largest absolute Gasteiger partial charge is 0.377 e. The van der Waals surface area contributed by atoms with Gasteiger partial charge in [0.25, 0.3) is 5.69 Å². The number of hydrogen-bond donors (Lipinski definition) is 1. The minimum absolute atomic E-state index is 0.0207. The van der Waals surface area contributed by atoms with E-state index in [0.717, 1.165) is 12.8 Å². The molecule has 7 nitrogen and oxygen atoms in total. The Hall–Kier alpha value is -1.19. The molecule has 0 atom stereocenters. The summed E-state index contributed by atoms with van der Waals surface area (Å²) in [4.78, 5) is 10.7. The third kappa shape index (κ3) is 3.67. The SMILES string of the molecule is O=[N+]([O-])c1cc(Br)ccc1NC1CCN(S(=O)(=O)C2CC2)CC1. The Bertz CT molecular complexity index is 713. The standard InChI is InChI=1S/C14H18BrN3O4S/c15-10-1-4-13(14(9-10)18(19)20)16-11-5-7-17(8-6-11)23(21,22)12-2-3-12/h1,4,9,11-12,16H,2-3,5-8H2. The molecule has 3 rings (SSSR count). The van der Waals surface area contributed by atoms with Gasteiger partial charge < -0.3 is 5.32 Å². The quantitative estimate of drug-likeness (QED) is 0.602. The van der Waals surface area contributed by atoms with E-state index in [4.69, 9.17) is 0 Å². The van der Waals surface area contributed by atoms with E-state index in [2.05, 4.69) is 21.2 Å². The van der Waals surface area contributed by atoms with Crippen LogP contribution in [0.5, 0.6) is 0 Å². The van der Waals surface area contributed by atoms with Gasteiger partial charge >= 0.3 is 0 Å². The summed E-state index contributed by atoms with van der Waals surface area (Å²) in [6.45, 7) is 0.946. The summed E-state index contributed by atoms with van der Waals surface area (Å²) in [5, 5.41) is 14.1. The summed E-state index contributed by atoms with van der Waals surface area (Å²) < 4.78 is 26.6. The fourth-order valence-electron chi connectivity index (χ4n) is 2.83. The summed E-state index contributed by atoms with van der Waals surface area (Å²) in [6, 6.07) is 4.94. The maximum Gasteiger partial charge on any atom is 0.293 e. The van der Waals surface area contributed by atoms with E-state index in [1.165, 1.54) is 6.07 Å². The molecule has 1 aromatic carbocycles. The van der Waals surface area contributed by atoms with E-state index < -0.39 is 14.9 Å². The molecule has 23 heavy (non-hydrogen) atoms. The van der Waals surface area contributed by atoms with E-state index in [-0.39, 0.29) is 17.0 Å². The van der Waals surface area contributed by atoms with Gasteiger partial charge in [-0.1, -0.05) is 15.9 Å². The van der Waals surface area contributed by atoms with Crippen molar-refractivity contribution in [2.45, 2.75) is 37.0 Å². The van der Waals surface area contributed by atoms with Crippen molar-refractivity contribution >= 4 is 37.3 Å². The molecule has 1 aliphatic heterocycles. The van der Waals surface area contributed by atoms with Crippen LogP contribution >= 0.6 is 15.9 Å². The summed E-state index contributed by atoms with van der Waals surface area (Å²) in [5.74, 6) is 0. The summed E-state index contributed by atoms with van der Waals surface area (Å²) in [6.07, 6.45) is 2.84. The van der Waals surface area contributed by atoms with Crippen LogP contribution in [-0.4, -0.2) is 42.0 Å². The van der Waals surface area contributed by atoms with Gasteiger partial charge in [0.2, 0.25) is 10.0 Å². The third-order valence-corrected chi connectivity index (χ3v) is 7.17. The van der Waals surface area contributed by atoms with Gasteiger partial charge in [0.15, 0.2) is 0 Å². The van der Waals surface area contributed by atoms with Crippen molar-refractivity contribution in [3.63, 3.8) is 0 Å². The number of rotatable bonds is 5. The Morgan fingerprint density at radius 3 is 2.43 bits per heavy atom. The second-order valence-corrected chi connectivity index (χ2v) is 9.11. The zero-order chi connectivity index (χ0) is 16.6. The van der Waals surface area contributed by atoms with Crippen molar-refractivity contribution in [3.05, 3.63) is 32.8 Å². The molecule has 0 bridgehead atoms. The van der Waals surface area contributed by atoms with Crippen molar-refractivity contribution in [2.75, 3.05) is 18.4 Å². The fourth-order valence-corrected chi connectivity index (χ4v) is 5.05. The Balaban J connectivity index is 1.64. The molecule has 2 fully saturated rings. The lowest BCUT2D eigenvalue weighted by molar-refractivity contribution is -0.384. The molecular weight excluding hydrogens is 386 g/mol. The average Bonchev–Trinajstić information content (AvgIpc) is 3.34. The number of sulfonamides is 1. The Labute approximate surface area is 143 Å². The molecule has 1 aromatic rings. The number of halogens is 1. The van der Waals surface area contributed by atoms with Crippen LogP contribution in [0, 0.1) is 10.1 Å². The Kier molecular flexibility index (Phi) is 4.61. The van der Waals surface area contributed by atoms with Crippen LogP contribution in [0.1, 0.15) is 25.7 Å². The highest BCUT2D eigenvalue weighted by Gasteiger charge is 2.41. The van der Waals surface area contributed by atoms with E-state index in [1.54, 1.807) is 16.4 Å². The smallest absolute Gasteiger partial charge is 0.293 e. The number of hydrogen-bond acceptors (Lipinski definition) is 5. The molecule has 0 radical (unpaired) electrons. The first-order valence-corrected chi connectivity index (χ1v) is 9.87. The molecule has 9 heteroatoms. The number of anilines is 1. The second-order valence-electron chi connectivity index (χ2n) is 5.98. The van der Waals surface area contributed by atoms with Crippen LogP contribution < -0.4 is 5.32 Å². The maximum atomic E-state index is 12.2. The molecule has 1 saturated carbocycles. The van der Waals surface area contributed by atoms with Crippen LogP contribution in [0.25, 0.3) is 0 Å². The van der Waals surface area contributed by atoms with E-state index in [9.17, 15) is 18.5 Å². The minimum Gasteiger partial charge on any atom is -0.377 e. The van der Waals surface area contributed by atoms with Crippen molar-refractivity contribution in [2.24, 2.45) is 0 Å². The molecule has 126 valence electrons. The number of nitro groups is 1. The zero-order valence-electron chi connectivity index (χ0n) is 12.4. The van der Waals surface area contributed by atoms with Crippen LogP contribution in [0.3, 0.4) is 0 Å². The van der Waals surface area contributed by atoms with Crippen molar-refractivity contribution in [3.8, 4) is 0 Å². The number of nitrogens with one attached hydrogen (secondary N) is 1. The molecule has 1 saturated heterocycles. The normalized spacial score (nSPS) is 20.4. The van der Waals surface area contributed by atoms with Gasteiger partial charge in [0.1, 0.15) is 5.69 Å². The second kappa shape index (κ2) is 6.37. The molecule has 0 amide bonds. The average molecular weight is 404 g/mol. The van der Waals surface area contributed by atoms with Gasteiger partial charge in [-0.15, -0.1) is 0 Å².